The summed E-state index contributed by atoms with van der Waals surface area (Å²) in [5, 5.41) is 77.2. The quantitative estimate of drug-likeness (QED) is 0.152. The van der Waals surface area contributed by atoms with Crippen LogP contribution in [0.5, 0.6) is 0 Å². The number of rotatable bonds is 10. The number of aliphatic hydroxyl groups excluding tert-OH is 6. The van der Waals surface area contributed by atoms with Crippen molar-refractivity contribution in [3.8, 4) is 0 Å². The fourth-order valence-electron chi connectivity index (χ4n) is 2.11. The molecule has 21 heavy (non-hydrogen) atoms. The maximum Gasteiger partial charge on any atom is 0.271 e. The largest absolute Gasteiger partial charge is 0.542 e. The summed E-state index contributed by atoms with van der Waals surface area (Å²) >= 11 is 0. The van der Waals surface area contributed by atoms with Gasteiger partial charge in [0, 0.05) is 0 Å². The van der Waals surface area contributed by atoms with Crippen molar-refractivity contribution in [1.29, 1.82) is 0 Å². The van der Waals surface area contributed by atoms with Gasteiger partial charge in [0.2, 0.25) is 0 Å². The summed E-state index contributed by atoms with van der Waals surface area (Å²) in [5.74, 6) is -2.16. The highest BCUT2D eigenvalue weighted by Crippen LogP contribution is 2.27. The van der Waals surface area contributed by atoms with Crippen molar-refractivity contribution in [1.82, 2.24) is 0 Å². The average molecular weight is 313 g/mol. The number of carboxylic acid groups (broad SMARTS) is 1. The average Bonchev–Trinajstić information content (AvgIpc) is 2.43. The first-order valence-corrected chi connectivity index (χ1v) is 6.27. The van der Waals surface area contributed by atoms with Crippen molar-refractivity contribution in [2.24, 2.45) is 0 Å². The summed E-state index contributed by atoms with van der Waals surface area (Å²) in [6.45, 7) is -2.92. The van der Waals surface area contributed by atoms with Gasteiger partial charge < -0.3 is 45.6 Å². The zero-order valence-corrected chi connectivity index (χ0v) is 11.7. The Hall–Kier alpha value is -0.850. The highest BCUT2D eigenvalue weighted by atomic mass is 16.5. The molecule has 0 heterocycles. The first-order valence-electron chi connectivity index (χ1n) is 6.27. The third-order valence-corrected chi connectivity index (χ3v) is 3.63. The number of carbonyl (C=O) groups is 1. The molecule has 0 saturated carbocycles. The van der Waals surface area contributed by atoms with E-state index >= 15 is 0 Å². The standard InChI is InChI=1S/C11H23NO9/c1-12(2-4-13,3-5-14)11(21,10(19)20)9(18)8(17)7(16)6-15/h7-9,13-18,21H,2-6H2,1H3/t7-,8-,9+,11+/m1/s1. The van der Waals surface area contributed by atoms with Crippen molar-refractivity contribution >= 4 is 5.97 Å². The van der Waals surface area contributed by atoms with E-state index in [1.54, 1.807) is 0 Å². The molecular formula is C11H23NO9. The number of nitrogens with zero attached hydrogens (tertiary/aromatic N) is 1. The molecule has 0 spiro atoms. The summed E-state index contributed by atoms with van der Waals surface area (Å²) in [7, 11) is 1.11. The van der Waals surface area contributed by atoms with Crippen molar-refractivity contribution in [2.75, 3.05) is 40.0 Å². The van der Waals surface area contributed by atoms with Gasteiger partial charge in [-0.3, -0.25) is 4.48 Å². The van der Waals surface area contributed by atoms with Crippen LogP contribution >= 0.6 is 0 Å². The number of hydrogen-bond acceptors (Lipinski definition) is 9. The Kier molecular flexibility index (Phi) is 7.64. The van der Waals surface area contributed by atoms with Gasteiger partial charge >= 0.3 is 0 Å². The SMILES string of the molecule is C[N+](CCO)(CCO)[C@@](O)(C(=O)[O-])[C@@H](O)[C@H](O)[C@H](O)CO. The van der Waals surface area contributed by atoms with E-state index in [1.165, 1.54) is 0 Å². The van der Waals surface area contributed by atoms with E-state index in [1.807, 2.05) is 0 Å². The van der Waals surface area contributed by atoms with Crippen LogP contribution in [0.3, 0.4) is 0 Å². The molecule has 4 atom stereocenters. The Morgan fingerprint density at radius 2 is 1.57 bits per heavy atom. The molecule has 0 aromatic rings. The third kappa shape index (κ3) is 3.87. The minimum atomic E-state index is -3.12. The zero-order valence-electron chi connectivity index (χ0n) is 11.7. The van der Waals surface area contributed by atoms with Crippen LogP contribution in [0.2, 0.25) is 0 Å². The van der Waals surface area contributed by atoms with Crippen molar-refractivity contribution in [3.05, 3.63) is 0 Å². The van der Waals surface area contributed by atoms with Gasteiger partial charge in [0.1, 0.15) is 31.3 Å². The maximum absolute atomic E-state index is 11.3. The van der Waals surface area contributed by atoms with Gasteiger partial charge in [-0.05, 0) is 0 Å². The molecule has 0 rings (SSSR count). The zero-order chi connectivity index (χ0) is 16.8. The summed E-state index contributed by atoms with van der Waals surface area (Å²) < 4.78 is -0.974. The van der Waals surface area contributed by atoms with Gasteiger partial charge in [-0.15, -0.1) is 0 Å². The second kappa shape index (κ2) is 7.96. The molecule has 0 fully saturated rings. The summed E-state index contributed by atoms with van der Waals surface area (Å²) in [4.78, 5) is 11.3. The number of likely N-dealkylation sites (N-methyl/N-ethyl adjacent to an activating group) is 1. The number of quaternary nitrogens is 1. The lowest BCUT2D eigenvalue weighted by atomic mass is 9.94. The number of aliphatic carboxylic acids is 1. The van der Waals surface area contributed by atoms with Crippen LogP contribution in [0.15, 0.2) is 0 Å². The Morgan fingerprint density at radius 3 is 1.86 bits per heavy atom. The van der Waals surface area contributed by atoms with Crippen LogP contribution in [0.25, 0.3) is 0 Å². The van der Waals surface area contributed by atoms with Gasteiger partial charge in [0.25, 0.3) is 5.72 Å². The van der Waals surface area contributed by atoms with E-state index < -0.39 is 54.3 Å². The number of carboxylic acids is 1. The lowest BCUT2D eigenvalue weighted by molar-refractivity contribution is -0.980. The minimum absolute atomic E-state index is 0.385. The van der Waals surface area contributed by atoms with Gasteiger partial charge in [-0.25, -0.2) is 0 Å². The molecule has 10 nitrogen and oxygen atoms in total. The molecule has 0 radical (unpaired) electrons. The topological polar surface area (TPSA) is 182 Å². The fourth-order valence-corrected chi connectivity index (χ4v) is 2.11. The highest BCUT2D eigenvalue weighted by Gasteiger charge is 2.57. The lowest BCUT2D eigenvalue weighted by Gasteiger charge is -2.50. The van der Waals surface area contributed by atoms with Gasteiger partial charge in [0.05, 0.1) is 26.9 Å². The molecule has 0 aliphatic rings. The summed E-state index contributed by atoms with van der Waals surface area (Å²) in [5.41, 5.74) is -3.12. The first kappa shape index (κ1) is 20.1. The maximum atomic E-state index is 11.3. The van der Waals surface area contributed by atoms with Crippen molar-refractivity contribution in [2.45, 2.75) is 24.0 Å². The molecule has 0 unspecified atom stereocenters. The number of aliphatic hydroxyl groups is 7. The Bertz CT molecular complexity index is 334. The molecule has 0 aliphatic heterocycles. The fraction of sp³-hybridized carbons (Fsp3) is 0.909. The summed E-state index contributed by atoms with van der Waals surface area (Å²) in [6, 6.07) is 0. The Labute approximate surface area is 121 Å². The first-order chi connectivity index (χ1) is 9.62. The molecule has 0 saturated heterocycles. The normalized spacial score (nSPS) is 19.6. The van der Waals surface area contributed by atoms with Crippen LogP contribution < -0.4 is 5.11 Å². The van der Waals surface area contributed by atoms with Crippen LogP contribution in [0.1, 0.15) is 0 Å². The molecule has 0 aromatic heterocycles. The Morgan fingerprint density at radius 1 is 1.14 bits per heavy atom. The molecule has 0 aromatic carbocycles. The third-order valence-electron chi connectivity index (χ3n) is 3.63. The highest BCUT2D eigenvalue weighted by molar-refractivity contribution is 5.74. The van der Waals surface area contributed by atoms with E-state index in [0.717, 1.165) is 7.05 Å². The second-order valence-corrected chi connectivity index (χ2v) is 4.99. The predicted molar refractivity (Wildman–Crippen MR) is 65.2 cm³/mol. The Balaban J connectivity index is 5.73. The minimum Gasteiger partial charge on any atom is -0.542 e. The molecule has 126 valence electrons. The van der Waals surface area contributed by atoms with Crippen molar-refractivity contribution in [3.63, 3.8) is 0 Å². The molecule has 0 bridgehead atoms. The van der Waals surface area contributed by atoms with Gasteiger partial charge in [0.15, 0.2) is 6.10 Å². The van der Waals surface area contributed by atoms with E-state index in [9.17, 15) is 30.3 Å². The molecule has 10 heteroatoms. The van der Waals surface area contributed by atoms with E-state index in [4.69, 9.17) is 15.3 Å². The van der Waals surface area contributed by atoms with Crippen molar-refractivity contribution < 1.29 is 50.1 Å². The predicted octanol–water partition coefficient (Wildman–Crippen LogP) is -6.07. The van der Waals surface area contributed by atoms with E-state index in [0.29, 0.717) is 0 Å². The monoisotopic (exact) mass is 313 g/mol. The number of hydrogen-bond donors (Lipinski definition) is 7. The molecular weight excluding hydrogens is 290 g/mol. The number of carbonyl (C=O) groups excluding carboxylic acids is 1. The van der Waals surface area contributed by atoms with Crippen LogP contribution in [-0.4, -0.2) is 110 Å². The van der Waals surface area contributed by atoms with E-state index in [2.05, 4.69) is 0 Å². The van der Waals surface area contributed by atoms with Gasteiger partial charge in [-0.2, -0.15) is 0 Å². The van der Waals surface area contributed by atoms with E-state index in [-0.39, 0.29) is 13.1 Å². The van der Waals surface area contributed by atoms with Crippen LogP contribution in [0.4, 0.5) is 0 Å². The van der Waals surface area contributed by atoms with Crippen LogP contribution in [0, 0.1) is 0 Å². The second-order valence-electron chi connectivity index (χ2n) is 4.99. The lowest BCUT2D eigenvalue weighted by Crippen LogP contribution is -2.78. The summed E-state index contributed by atoms with van der Waals surface area (Å²) in [6.07, 6.45) is -6.52. The van der Waals surface area contributed by atoms with Gasteiger partial charge in [-0.1, -0.05) is 0 Å². The molecule has 0 amide bonds. The molecule has 0 aliphatic carbocycles. The smallest absolute Gasteiger partial charge is 0.271 e. The molecule has 7 N–H and O–H groups in total. The van der Waals surface area contributed by atoms with Crippen LogP contribution in [-0.2, 0) is 4.79 Å².